The average Bonchev–Trinajstić information content (AvgIpc) is 2.91. The Kier molecular flexibility index (Phi) is 2.87. The summed E-state index contributed by atoms with van der Waals surface area (Å²) in [7, 11) is 1.58. The fourth-order valence-electron chi connectivity index (χ4n) is 2.16. The molecule has 0 amide bonds. The van der Waals surface area contributed by atoms with Crippen LogP contribution in [0.1, 0.15) is 18.5 Å². The van der Waals surface area contributed by atoms with Crippen molar-refractivity contribution in [2.75, 3.05) is 7.11 Å². The number of methoxy groups -OCH3 is 1. The van der Waals surface area contributed by atoms with E-state index in [4.69, 9.17) is 4.74 Å². The molecule has 5 nitrogen and oxygen atoms in total. The lowest BCUT2D eigenvalue weighted by Crippen LogP contribution is -2.06. The second-order valence-corrected chi connectivity index (χ2v) is 4.29. The summed E-state index contributed by atoms with van der Waals surface area (Å²) < 4.78 is 7.22. The minimum absolute atomic E-state index is 0.158. The van der Waals surface area contributed by atoms with Crippen LogP contribution in [0.4, 0.5) is 0 Å². The molecule has 2 aromatic heterocycles. The first-order valence-corrected chi connectivity index (χ1v) is 6.07. The van der Waals surface area contributed by atoms with E-state index in [9.17, 15) is 0 Å². The van der Waals surface area contributed by atoms with Crippen molar-refractivity contribution in [3.63, 3.8) is 0 Å². The molecule has 0 saturated heterocycles. The maximum Gasteiger partial charge on any atom is 0.245 e. The van der Waals surface area contributed by atoms with Gasteiger partial charge in [0.2, 0.25) is 5.88 Å². The molecule has 0 radical (unpaired) electrons. The van der Waals surface area contributed by atoms with E-state index in [-0.39, 0.29) is 6.04 Å². The second-order valence-electron chi connectivity index (χ2n) is 4.29. The lowest BCUT2D eigenvalue weighted by atomic mass is 10.1. The summed E-state index contributed by atoms with van der Waals surface area (Å²) in [6.07, 6.45) is 3.27. The first-order chi connectivity index (χ1) is 9.31. The number of benzene rings is 1. The van der Waals surface area contributed by atoms with Gasteiger partial charge >= 0.3 is 0 Å². The van der Waals surface area contributed by atoms with Gasteiger partial charge in [0.05, 0.1) is 19.5 Å². The Balaban J connectivity index is 2.11. The Bertz CT molecular complexity index is 693. The zero-order valence-corrected chi connectivity index (χ0v) is 10.8. The molecule has 0 aliphatic heterocycles. The van der Waals surface area contributed by atoms with Crippen molar-refractivity contribution in [1.82, 2.24) is 19.5 Å². The first-order valence-electron chi connectivity index (χ1n) is 6.07. The molecule has 19 heavy (non-hydrogen) atoms. The van der Waals surface area contributed by atoms with Crippen molar-refractivity contribution >= 4 is 11.2 Å². The van der Waals surface area contributed by atoms with Crippen molar-refractivity contribution in [3.8, 4) is 5.88 Å². The van der Waals surface area contributed by atoms with Crippen LogP contribution in [-0.2, 0) is 0 Å². The highest BCUT2D eigenvalue weighted by Crippen LogP contribution is 2.25. The SMILES string of the molecule is COc1ncnc2c1ncn2C(C)c1ccccc1. The van der Waals surface area contributed by atoms with Crippen molar-refractivity contribution in [1.29, 1.82) is 0 Å². The van der Waals surface area contributed by atoms with Crippen LogP contribution in [0.15, 0.2) is 43.0 Å². The molecule has 0 fully saturated rings. The third kappa shape index (κ3) is 1.93. The van der Waals surface area contributed by atoms with Gasteiger partial charge in [-0.25, -0.2) is 9.97 Å². The van der Waals surface area contributed by atoms with E-state index in [2.05, 4.69) is 34.0 Å². The molecule has 0 bridgehead atoms. The van der Waals surface area contributed by atoms with E-state index in [1.807, 2.05) is 22.8 Å². The Morgan fingerprint density at radius 2 is 1.89 bits per heavy atom. The Hall–Kier alpha value is -2.43. The van der Waals surface area contributed by atoms with E-state index >= 15 is 0 Å². The van der Waals surface area contributed by atoms with Gasteiger partial charge in [-0.1, -0.05) is 30.3 Å². The van der Waals surface area contributed by atoms with Crippen LogP contribution in [0.2, 0.25) is 0 Å². The van der Waals surface area contributed by atoms with Gasteiger partial charge in [-0.15, -0.1) is 0 Å². The van der Waals surface area contributed by atoms with E-state index in [0.717, 1.165) is 5.65 Å². The zero-order chi connectivity index (χ0) is 13.2. The highest BCUT2D eigenvalue weighted by atomic mass is 16.5. The number of hydrogen-bond acceptors (Lipinski definition) is 4. The number of rotatable bonds is 3. The van der Waals surface area contributed by atoms with Gasteiger partial charge in [-0.2, -0.15) is 4.98 Å². The number of ether oxygens (including phenoxy) is 1. The van der Waals surface area contributed by atoms with Crippen molar-refractivity contribution in [2.45, 2.75) is 13.0 Å². The summed E-state index contributed by atoms with van der Waals surface area (Å²) in [5.74, 6) is 0.504. The minimum atomic E-state index is 0.158. The Labute approximate surface area is 110 Å². The van der Waals surface area contributed by atoms with Gasteiger partial charge in [-0.3, -0.25) is 0 Å². The largest absolute Gasteiger partial charge is 0.479 e. The predicted octanol–water partition coefficient (Wildman–Crippen LogP) is 2.44. The molecule has 0 N–H and O–H groups in total. The minimum Gasteiger partial charge on any atom is -0.479 e. The maximum absolute atomic E-state index is 5.20. The summed E-state index contributed by atoms with van der Waals surface area (Å²) in [5.41, 5.74) is 2.68. The lowest BCUT2D eigenvalue weighted by Gasteiger charge is -2.14. The van der Waals surface area contributed by atoms with Crippen LogP contribution in [0, 0.1) is 0 Å². The predicted molar refractivity (Wildman–Crippen MR) is 72.1 cm³/mol. The van der Waals surface area contributed by atoms with Crippen molar-refractivity contribution < 1.29 is 4.74 Å². The molecular weight excluding hydrogens is 240 g/mol. The molecule has 0 aliphatic rings. The molecule has 0 saturated carbocycles. The summed E-state index contributed by atoms with van der Waals surface area (Å²) in [6.45, 7) is 2.12. The fraction of sp³-hybridized carbons (Fsp3) is 0.214. The van der Waals surface area contributed by atoms with Crippen LogP contribution in [0.25, 0.3) is 11.2 Å². The molecule has 5 heteroatoms. The van der Waals surface area contributed by atoms with Crippen molar-refractivity contribution in [2.24, 2.45) is 0 Å². The maximum atomic E-state index is 5.20. The monoisotopic (exact) mass is 254 g/mol. The third-order valence-electron chi connectivity index (χ3n) is 3.22. The highest BCUT2D eigenvalue weighted by Gasteiger charge is 2.15. The zero-order valence-electron chi connectivity index (χ0n) is 10.8. The molecule has 96 valence electrons. The standard InChI is InChI=1S/C14H14N4O/c1-10(11-6-4-3-5-7-11)18-9-17-12-13(18)15-8-16-14(12)19-2/h3-10H,1-2H3. The molecule has 2 heterocycles. The molecule has 1 aromatic carbocycles. The van der Waals surface area contributed by atoms with Gasteiger partial charge in [0, 0.05) is 0 Å². The third-order valence-corrected chi connectivity index (χ3v) is 3.22. The smallest absolute Gasteiger partial charge is 0.245 e. The van der Waals surface area contributed by atoms with Gasteiger partial charge in [-0.05, 0) is 12.5 Å². The van der Waals surface area contributed by atoms with E-state index in [1.165, 1.54) is 11.9 Å². The van der Waals surface area contributed by atoms with Gasteiger partial charge in [0.15, 0.2) is 11.2 Å². The molecule has 3 aromatic rings. The normalized spacial score (nSPS) is 12.5. The Morgan fingerprint density at radius 3 is 2.63 bits per heavy atom. The van der Waals surface area contributed by atoms with Crippen LogP contribution in [0.5, 0.6) is 5.88 Å². The van der Waals surface area contributed by atoms with Crippen LogP contribution in [0.3, 0.4) is 0 Å². The van der Waals surface area contributed by atoms with Gasteiger partial charge < -0.3 is 9.30 Å². The van der Waals surface area contributed by atoms with Crippen LogP contribution < -0.4 is 4.74 Å². The summed E-state index contributed by atoms with van der Waals surface area (Å²) in [4.78, 5) is 12.7. The molecule has 0 spiro atoms. The molecule has 1 unspecified atom stereocenters. The van der Waals surface area contributed by atoms with E-state index in [0.29, 0.717) is 11.4 Å². The van der Waals surface area contributed by atoms with Gasteiger partial charge in [0.1, 0.15) is 6.33 Å². The second kappa shape index (κ2) is 4.68. The molecule has 0 aliphatic carbocycles. The lowest BCUT2D eigenvalue weighted by molar-refractivity contribution is 0.401. The molecular formula is C14H14N4O. The quantitative estimate of drug-likeness (QED) is 0.720. The summed E-state index contributed by atoms with van der Waals surface area (Å²) in [5, 5.41) is 0. The molecule has 1 atom stereocenters. The first kappa shape index (κ1) is 11.6. The number of fused-ring (bicyclic) bond motifs is 1. The van der Waals surface area contributed by atoms with Crippen LogP contribution in [-0.4, -0.2) is 26.6 Å². The number of nitrogens with zero attached hydrogens (tertiary/aromatic N) is 4. The van der Waals surface area contributed by atoms with Crippen molar-refractivity contribution in [3.05, 3.63) is 48.5 Å². The average molecular weight is 254 g/mol. The molecule has 3 rings (SSSR count). The summed E-state index contributed by atoms with van der Waals surface area (Å²) >= 11 is 0. The number of imidazole rings is 1. The Morgan fingerprint density at radius 1 is 1.11 bits per heavy atom. The van der Waals surface area contributed by atoms with Gasteiger partial charge in [0.25, 0.3) is 0 Å². The fourth-order valence-corrected chi connectivity index (χ4v) is 2.16. The number of hydrogen-bond donors (Lipinski definition) is 0. The summed E-state index contributed by atoms with van der Waals surface area (Å²) in [6, 6.07) is 10.4. The van der Waals surface area contributed by atoms with E-state index < -0.39 is 0 Å². The highest BCUT2D eigenvalue weighted by molar-refractivity contribution is 5.76. The van der Waals surface area contributed by atoms with Crippen LogP contribution >= 0.6 is 0 Å². The van der Waals surface area contributed by atoms with E-state index in [1.54, 1.807) is 13.4 Å². The topological polar surface area (TPSA) is 52.8 Å². The number of aromatic nitrogens is 4.